The molecule has 0 amide bonds. The average molecular weight is 710 g/mol. The lowest BCUT2D eigenvalue weighted by Crippen LogP contribution is -2.12. The molecule has 2 unspecified atom stereocenters. The van der Waals surface area contributed by atoms with E-state index in [1.807, 2.05) is 90.1 Å². The highest BCUT2D eigenvalue weighted by molar-refractivity contribution is 6.30. The van der Waals surface area contributed by atoms with Crippen LogP contribution in [0.2, 0.25) is 10.0 Å². The highest BCUT2D eigenvalue weighted by Crippen LogP contribution is 2.37. The highest BCUT2D eigenvalue weighted by atomic mass is 35.5. The second-order valence-electron chi connectivity index (χ2n) is 12.7. The molecule has 0 fully saturated rings. The zero-order chi connectivity index (χ0) is 36.9. The Morgan fingerprint density at radius 2 is 0.840 bits per heavy atom. The molecule has 4 aromatic carbocycles. The van der Waals surface area contributed by atoms with Crippen LogP contribution in [0.1, 0.15) is 81.6 Å². The number of aliphatic hydroxyl groups is 2. The molecule has 4 aromatic rings. The van der Waals surface area contributed by atoms with Crippen LogP contribution in [0.15, 0.2) is 93.9 Å². The molecule has 0 aliphatic heterocycles. The maximum absolute atomic E-state index is 13.1. The molecule has 0 saturated heterocycles. The minimum atomic E-state index is -0.773. The number of carbonyl (C=O) groups excluding carboxylic acids is 2. The van der Waals surface area contributed by atoms with Gasteiger partial charge in [0.05, 0.1) is 11.1 Å². The van der Waals surface area contributed by atoms with Crippen LogP contribution >= 0.6 is 23.2 Å². The molecule has 0 heterocycles. The topological polar surface area (TPSA) is 99.3 Å². The van der Waals surface area contributed by atoms with Crippen LogP contribution in [0.4, 0.5) is 0 Å². The monoisotopic (exact) mass is 708 g/mol. The van der Waals surface area contributed by atoms with E-state index in [0.717, 1.165) is 33.4 Å². The van der Waals surface area contributed by atoms with Gasteiger partial charge in [-0.1, -0.05) is 82.9 Å². The zero-order valence-corrected chi connectivity index (χ0v) is 31.1. The molecule has 2 N–H and O–H groups in total. The summed E-state index contributed by atoms with van der Waals surface area (Å²) in [7, 11) is 0. The van der Waals surface area contributed by atoms with Gasteiger partial charge in [-0.2, -0.15) is 0 Å². The third-order valence-corrected chi connectivity index (χ3v) is 9.05. The van der Waals surface area contributed by atoms with E-state index in [4.69, 9.17) is 33.2 Å². The molecule has 0 spiro atoms. The van der Waals surface area contributed by atoms with E-state index in [9.17, 15) is 19.8 Å². The number of Topliss-reactive ketones (excluding diaryl/α,β-unsaturated/α-hetero) is 2. The van der Waals surface area contributed by atoms with Crippen molar-refractivity contribution in [2.24, 2.45) is 9.98 Å². The summed E-state index contributed by atoms with van der Waals surface area (Å²) in [5, 5.41) is 24.1. The summed E-state index contributed by atoms with van der Waals surface area (Å²) in [5.41, 5.74) is 7.99. The van der Waals surface area contributed by atoms with E-state index in [1.54, 1.807) is 24.3 Å². The van der Waals surface area contributed by atoms with Crippen molar-refractivity contribution in [1.82, 2.24) is 0 Å². The summed E-state index contributed by atoms with van der Waals surface area (Å²) in [5.74, 6) is -1.09. The Bertz CT molecular complexity index is 1860. The minimum absolute atomic E-state index is 0.0325. The normalized spacial score (nSPS) is 14.0. The fourth-order valence-corrected chi connectivity index (χ4v) is 6.60. The summed E-state index contributed by atoms with van der Waals surface area (Å²) < 4.78 is 0. The lowest BCUT2D eigenvalue weighted by Gasteiger charge is -2.23. The molecule has 2 atom stereocenters. The predicted molar refractivity (Wildman–Crippen MR) is 207 cm³/mol. The van der Waals surface area contributed by atoms with Gasteiger partial charge in [-0.05, 0) is 113 Å². The Labute approximate surface area is 304 Å². The minimum Gasteiger partial charge on any atom is -0.506 e. The molecule has 0 aliphatic rings. The van der Waals surface area contributed by atoms with E-state index in [-0.39, 0.29) is 34.2 Å². The van der Waals surface area contributed by atoms with Crippen molar-refractivity contribution in [3.05, 3.63) is 150 Å². The van der Waals surface area contributed by atoms with Gasteiger partial charge in [0.1, 0.15) is 23.6 Å². The average Bonchev–Trinajstić information content (AvgIpc) is 3.01. The van der Waals surface area contributed by atoms with Gasteiger partial charge in [0, 0.05) is 33.6 Å². The van der Waals surface area contributed by atoms with Gasteiger partial charge in [-0.25, -0.2) is 0 Å². The van der Waals surface area contributed by atoms with Gasteiger partial charge in [-0.3, -0.25) is 19.6 Å². The van der Waals surface area contributed by atoms with Crippen molar-refractivity contribution in [2.75, 3.05) is 0 Å². The standard InChI is InChI=1S/C42H42Cl2N2O4/c1-23-17-25(3)37(26(4)18-23)41(49)35(29(7)47)21-45-39(31-9-13-33(43)14-10-31)40(32-11-15-34(44)16-12-32)46-22-36(30(8)48)42(50)38-27(5)19-24(2)20-28(38)6/h9-22,39-40,49-50H,1-8H3. The Hall–Kier alpha value is -4.78. The number of aliphatic imine (C=N–C) groups is 2. The highest BCUT2D eigenvalue weighted by Gasteiger charge is 2.26. The number of carbonyl (C=O) groups is 2. The molecule has 258 valence electrons. The van der Waals surface area contributed by atoms with Gasteiger partial charge >= 0.3 is 0 Å². The van der Waals surface area contributed by atoms with Gasteiger partial charge in [0.15, 0.2) is 11.6 Å². The molecule has 0 saturated carbocycles. The Balaban J connectivity index is 1.97. The van der Waals surface area contributed by atoms with Crippen molar-refractivity contribution in [3.63, 3.8) is 0 Å². The van der Waals surface area contributed by atoms with Gasteiger partial charge < -0.3 is 10.2 Å². The first-order valence-corrected chi connectivity index (χ1v) is 17.0. The maximum atomic E-state index is 13.1. The fraction of sp³-hybridized carbons (Fsp3) is 0.238. The number of hydrogen-bond donors (Lipinski definition) is 2. The van der Waals surface area contributed by atoms with Crippen molar-refractivity contribution in [3.8, 4) is 0 Å². The number of aryl methyl sites for hydroxylation is 6. The van der Waals surface area contributed by atoms with Crippen LogP contribution in [-0.2, 0) is 9.59 Å². The fourth-order valence-electron chi connectivity index (χ4n) is 6.34. The van der Waals surface area contributed by atoms with Crippen molar-refractivity contribution in [2.45, 2.75) is 67.5 Å². The second-order valence-corrected chi connectivity index (χ2v) is 13.6. The number of aliphatic hydroxyl groups excluding tert-OH is 2. The van der Waals surface area contributed by atoms with Crippen LogP contribution in [-0.4, -0.2) is 34.2 Å². The largest absolute Gasteiger partial charge is 0.506 e. The number of halogens is 2. The smallest absolute Gasteiger partial charge is 0.165 e. The van der Waals surface area contributed by atoms with E-state index in [2.05, 4.69) is 0 Å². The van der Waals surface area contributed by atoms with Crippen LogP contribution in [0.25, 0.3) is 11.5 Å². The zero-order valence-electron chi connectivity index (χ0n) is 29.6. The molecular weight excluding hydrogens is 667 g/mol. The number of nitrogens with zero attached hydrogens (tertiary/aromatic N) is 2. The van der Waals surface area contributed by atoms with E-state index in [0.29, 0.717) is 32.3 Å². The molecule has 50 heavy (non-hydrogen) atoms. The molecule has 6 nitrogen and oxygen atoms in total. The SMILES string of the molecule is CC(=O)C(C=NC(c1ccc(Cl)cc1)C(N=CC(C(C)=O)=C(O)c1c(C)cc(C)cc1C)c1ccc(Cl)cc1)=C(O)c1c(C)cc(C)cc1C. The van der Waals surface area contributed by atoms with Crippen LogP contribution < -0.4 is 0 Å². The lowest BCUT2D eigenvalue weighted by atomic mass is 9.93. The van der Waals surface area contributed by atoms with Gasteiger partial charge in [0.2, 0.25) is 0 Å². The number of allylic oxidation sites excluding steroid dienone is 2. The molecule has 0 aromatic heterocycles. The summed E-state index contributed by atoms with van der Waals surface area (Å²) >= 11 is 12.6. The predicted octanol–water partition coefficient (Wildman–Crippen LogP) is 10.9. The molecule has 4 rings (SSSR count). The first kappa shape index (κ1) is 38.0. The van der Waals surface area contributed by atoms with E-state index in [1.165, 1.54) is 26.3 Å². The first-order valence-electron chi connectivity index (χ1n) is 16.2. The third-order valence-electron chi connectivity index (χ3n) is 8.55. The summed E-state index contributed by atoms with van der Waals surface area (Å²) in [6, 6.07) is 20.4. The Morgan fingerprint density at radius 1 is 0.560 bits per heavy atom. The number of hydrogen-bond acceptors (Lipinski definition) is 6. The molecule has 8 heteroatoms. The number of benzene rings is 4. The van der Waals surface area contributed by atoms with E-state index < -0.39 is 12.1 Å². The summed E-state index contributed by atoms with van der Waals surface area (Å²) in [6.45, 7) is 14.3. The Morgan fingerprint density at radius 3 is 1.10 bits per heavy atom. The van der Waals surface area contributed by atoms with Gasteiger partial charge in [-0.15, -0.1) is 0 Å². The number of ketones is 2. The van der Waals surface area contributed by atoms with Crippen molar-refractivity contribution < 1.29 is 19.8 Å². The second kappa shape index (κ2) is 16.3. The number of rotatable bonds is 11. The van der Waals surface area contributed by atoms with E-state index >= 15 is 0 Å². The molecule has 0 radical (unpaired) electrons. The maximum Gasteiger partial charge on any atom is 0.165 e. The van der Waals surface area contributed by atoms with Crippen LogP contribution in [0, 0.1) is 41.5 Å². The van der Waals surface area contributed by atoms with Gasteiger partial charge in [0.25, 0.3) is 0 Å². The Kier molecular flexibility index (Phi) is 12.4. The van der Waals surface area contributed by atoms with Crippen LogP contribution in [0.5, 0.6) is 0 Å². The molecule has 0 bridgehead atoms. The molecule has 0 aliphatic carbocycles. The summed E-state index contributed by atoms with van der Waals surface area (Å²) in [6.07, 6.45) is 2.76. The molecular formula is C42H42Cl2N2O4. The quantitative estimate of drug-likeness (QED) is 0.0920. The first-order chi connectivity index (χ1) is 23.6. The van der Waals surface area contributed by atoms with Crippen molar-refractivity contribution >= 4 is 58.7 Å². The lowest BCUT2D eigenvalue weighted by molar-refractivity contribution is -0.114. The van der Waals surface area contributed by atoms with Crippen LogP contribution in [0.3, 0.4) is 0 Å². The summed E-state index contributed by atoms with van der Waals surface area (Å²) in [4.78, 5) is 35.9. The van der Waals surface area contributed by atoms with Crippen molar-refractivity contribution in [1.29, 1.82) is 0 Å². The third kappa shape index (κ3) is 8.87.